The van der Waals surface area contributed by atoms with Crippen molar-refractivity contribution in [3.05, 3.63) is 62.6 Å². The summed E-state index contributed by atoms with van der Waals surface area (Å²) in [6.45, 7) is 0.737. The van der Waals surface area contributed by atoms with Crippen molar-refractivity contribution in [2.75, 3.05) is 11.9 Å². The largest absolute Gasteiger partial charge is 0.417 e. The molecule has 9 heteroatoms. The Hall–Kier alpha value is -1.89. The van der Waals surface area contributed by atoms with Gasteiger partial charge in [0.05, 0.1) is 22.0 Å². The lowest BCUT2D eigenvalue weighted by molar-refractivity contribution is -0.137. The van der Waals surface area contributed by atoms with E-state index in [1.54, 1.807) is 28.9 Å². The number of alkyl halides is 3. The van der Waals surface area contributed by atoms with Gasteiger partial charge in [0, 0.05) is 27.7 Å². The lowest BCUT2D eigenvalue weighted by Gasteiger charge is -2.10. The van der Waals surface area contributed by atoms with Crippen LogP contribution in [0.5, 0.6) is 0 Å². The zero-order chi connectivity index (χ0) is 20.8. The first-order chi connectivity index (χ1) is 13.7. The van der Waals surface area contributed by atoms with E-state index in [4.69, 9.17) is 34.8 Å². The third-order valence-electron chi connectivity index (χ3n) is 4.77. The van der Waals surface area contributed by atoms with E-state index in [1.165, 1.54) is 6.07 Å². The molecule has 0 unspecified atom stereocenters. The van der Waals surface area contributed by atoms with E-state index in [1.807, 2.05) is 0 Å². The fourth-order valence-electron chi connectivity index (χ4n) is 3.47. The number of anilines is 1. The highest BCUT2D eigenvalue weighted by Crippen LogP contribution is 2.40. The lowest BCUT2D eigenvalue weighted by atomic mass is 10.0. The number of hydrogen-bond acceptors (Lipinski definition) is 2. The van der Waals surface area contributed by atoms with Crippen molar-refractivity contribution in [2.45, 2.75) is 25.4 Å². The first kappa shape index (κ1) is 20.4. The van der Waals surface area contributed by atoms with Crippen LogP contribution in [0.4, 0.5) is 19.0 Å². The second kappa shape index (κ2) is 7.74. The molecule has 152 valence electrons. The molecule has 0 atom stereocenters. The van der Waals surface area contributed by atoms with Crippen molar-refractivity contribution in [1.82, 2.24) is 9.78 Å². The molecule has 0 saturated carbocycles. The van der Waals surface area contributed by atoms with Crippen LogP contribution in [0, 0.1) is 0 Å². The summed E-state index contributed by atoms with van der Waals surface area (Å²) in [5, 5.41) is 8.52. The van der Waals surface area contributed by atoms with Gasteiger partial charge in [-0.15, -0.1) is 0 Å². The number of aromatic nitrogens is 2. The number of nitrogens with one attached hydrogen (secondary N) is 1. The second-order valence-corrected chi connectivity index (χ2v) is 8.07. The molecule has 1 N–H and O–H groups in total. The van der Waals surface area contributed by atoms with Gasteiger partial charge in [-0.3, -0.25) is 0 Å². The first-order valence-electron chi connectivity index (χ1n) is 8.93. The minimum atomic E-state index is -4.55. The quantitative estimate of drug-likeness (QED) is 0.436. The summed E-state index contributed by atoms with van der Waals surface area (Å²) in [4.78, 5) is 0. The zero-order valence-corrected chi connectivity index (χ0v) is 17.2. The topological polar surface area (TPSA) is 29.9 Å². The standard InChI is InChI=1S/C20H15Cl3F3N3/c21-12-8-13(22)10-14(9-12)29-19-15(3-1-2-6-27-19)18(28-29)11-4-5-17(23)16(7-11)20(24,25)26/h4-5,7-10,27H,1-3,6H2. The van der Waals surface area contributed by atoms with E-state index in [-0.39, 0.29) is 5.02 Å². The highest BCUT2D eigenvalue weighted by Gasteiger charge is 2.34. The SMILES string of the molecule is FC(F)(F)c1cc(-c2nn(-c3cc(Cl)cc(Cl)c3)c3c2CCCCN3)ccc1Cl. The van der Waals surface area contributed by atoms with Gasteiger partial charge in [-0.1, -0.05) is 40.9 Å². The average Bonchev–Trinajstić information content (AvgIpc) is 2.82. The van der Waals surface area contributed by atoms with E-state index in [9.17, 15) is 13.2 Å². The molecule has 4 rings (SSSR count). The smallest absolute Gasteiger partial charge is 0.370 e. The summed E-state index contributed by atoms with van der Waals surface area (Å²) < 4.78 is 41.7. The van der Waals surface area contributed by atoms with E-state index in [0.717, 1.165) is 36.8 Å². The fraction of sp³-hybridized carbons (Fsp3) is 0.250. The highest BCUT2D eigenvalue weighted by molar-refractivity contribution is 6.34. The van der Waals surface area contributed by atoms with E-state index >= 15 is 0 Å². The van der Waals surface area contributed by atoms with Gasteiger partial charge >= 0.3 is 6.18 Å². The van der Waals surface area contributed by atoms with Gasteiger partial charge < -0.3 is 5.32 Å². The molecule has 3 nitrogen and oxygen atoms in total. The van der Waals surface area contributed by atoms with Crippen LogP contribution >= 0.6 is 34.8 Å². The number of fused-ring (bicyclic) bond motifs is 1. The number of nitrogens with zero attached hydrogens (tertiary/aromatic N) is 2. The Balaban J connectivity index is 1.92. The van der Waals surface area contributed by atoms with Crippen LogP contribution < -0.4 is 5.32 Å². The van der Waals surface area contributed by atoms with Crippen LogP contribution in [0.3, 0.4) is 0 Å². The molecule has 0 saturated heterocycles. The minimum Gasteiger partial charge on any atom is -0.370 e. The molecule has 3 aromatic rings. The molecule has 2 aromatic carbocycles. The molecule has 29 heavy (non-hydrogen) atoms. The molecule has 1 aliphatic heterocycles. The molecule has 0 aliphatic carbocycles. The molecule has 2 heterocycles. The van der Waals surface area contributed by atoms with Gasteiger partial charge in [-0.2, -0.15) is 18.3 Å². The molecule has 1 aliphatic rings. The number of benzene rings is 2. The van der Waals surface area contributed by atoms with Crippen molar-refractivity contribution in [3.8, 4) is 16.9 Å². The Labute approximate surface area is 180 Å². The van der Waals surface area contributed by atoms with Gasteiger partial charge in [0.1, 0.15) is 5.82 Å². The Bertz CT molecular complexity index is 1060. The van der Waals surface area contributed by atoms with Gasteiger partial charge in [-0.05, 0) is 49.6 Å². The summed E-state index contributed by atoms with van der Waals surface area (Å²) in [6, 6.07) is 8.88. The van der Waals surface area contributed by atoms with Gasteiger partial charge in [0.25, 0.3) is 0 Å². The zero-order valence-electron chi connectivity index (χ0n) is 15.0. The number of rotatable bonds is 2. The van der Waals surface area contributed by atoms with Crippen molar-refractivity contribution in [2.24, 2.45) is 0 Å². The summed E-state index contributed by atoms with van der Waals surface area (Å²) in [7, 11) is 0. The van der Waals surface area contributed by atoms with E-state index in [2.05, 4.69) is 10.4 Å². The molecular weight excluding hydrogens is 446 g/mol. The van der Waals surface area contributed by atoms with Crippen LogP contribution in [0.25, 0.3) is 16.9 Å². The molecule has 0 radical (unpaired) electrons. The summed E-state index contributed by atoms with van der Waals surface area (Å²) in [5.41, 5.74) is 1.44. The molecule has 0 spiro atoms. The van der Waals surface area contributed by atoms with Crippen LogP contribution in [0.1, 0.15) is 24.0 Å². The molecule has 0 amide bonds. The van der Waals surface area contributed by atoms with Crippen molar-refractivity contribution < 1.29 is 13.2 Å². The Kier molecular flexibility index (Phi) is 5.44. The highest BCUT2D eigenvalue weighted by atomic mass is 35.5. The van der Waals surface area contributed by atoms with Crippen LogP contribution in [0.2, 0.25) is 15.1 Å². The molecule has 0 fully saturated rings. The monoisotopic (exact) mass is 459 g/mol. The third-order valence-corrected chi connectivity index (χ3v) is 5.53. The van der Waals surface area contributed by atoms with Crippen molar-refractivity contribution >= 4 is 40.6 Å². The molecule has 0 bridgehead atoms. The maximum atomic E-state index is 13.4. The van der Waals surface area contributed by atoms with Gasteiger partial charge in [-0.25, -0.2) is 4.68 Å². The van der Waals surface area contributed by atoms with Crippen LogP contribution in [-0.2, 0) is 12.6 Å². The average molecular weight is 461 g/mol. The number of halogens is 6. The Morgan fingerprint density at radius 2 is 1.69 bits per heavy atom. The minimum absolute atomic E-state index is 0.341. The second-order valence-electron chi connectivity index (χ2n) is 6.79. The predicted molar refractivity (Wildman–Crippen MR) is 110 cm³/mol. The fourth-order valence-corrected chi connectivity index (χ4v) is 4.21. The third kappa shape index (κ3) is 4.06. The predicted octanol–water partition coefficient (Wildman–Crippen LogP) is 7.27. The van der Waals surface area contributed by atoms with Gasteiger partial charge in [0.2, 0.25) is 0 Å². The van der Waals surface area contributed by atoms with E-state index < -0.39 is 11.7 Å². The lowest BCUT2D eigenvalue weighted by Crippen LogP contribution is -2.07. The Morgan fingerprint density at radius 1 is 0.966 bits per heavy atom. The molecular formula is C20H15Cl3F3N3. The number of hydrogen-bond donors (Lipinski definition) is 1. The summed E-state index contributed by atoms with van der Waals surface area (Å²) >= 11 is 18.1. The van der Waals surface area contributed by atoms with Crippen LogP contribution in [-0.4, -0.2) is 16.3 Å². The van der Waals surface area contributed by atoms with E-state index in [0.29, 0.717) is 33.4 Å². The first-order valence-corrected chi connectivity index (χ1v) is 10.1. The molecule has 1 aromatic heterocycles. The van der Waals surface area contributed by atoms with Crippen molar-refractivity contribution in [1.29, 1.82) is 0 Å². The summed E-state index contributed by atoms with van der Waals surface area (Å²) in [5.74, 6) is 0.736. The summed E-state index contributed by atoms with van der Waals surface area (Å²) in [6.07, 6.45) is -2.02. The Morgan fingerprint density at radius 3 is 2.38 bits per heavy atom. The van der Waals surface area contributed by atoms with Gasteiger partial charge in [0.15, 0.2) is 0 Å². The van der Waals surface area contributed by atoms with Crippen LogP contribution in [0.15, 0.2) is 36.4 Å². The maximum absolute atomic E-state index is 13.4. The van der Waals surface area contributed by atoms with Crippen molar-refractivity contribution in [3.63, 3.8) is 0 Å². The normalized spacial score (nSPS) is 14.3. The maximum Gasteiger partial charge on any atom is 0.417 e.